The van der Waals surface area contributed by atoms with E-state index in [9.17, 15) is 34.8 Å². The van der Waals surface area contributed by atoms with Gasteiger partial charge in [-0.05, 0) is 44.0 Å². The monoisotopic (exact) mass is 498 g/mol. The van der Waals surface area contributed by atoms with Gasteiger partial charge in [0.2, 0.25) is 0 Å². The van der Waals surface area contributed by atoms with E-state index in [0.29, 0.717) is 0 Å². The summed E-state index contributed by atoms with van der Waals surface area (Å²) in [7, 11) is 1.28. The van der Waals surface area contributed by atoms with E-state index in [1.54, 1.807) is 0 Å². The van der Waals surface area contributed by atoms with Crippen LogP contribution in [0.2, 0.25) is 0 Å². The van der Waals surface area contributed by atoms with Crippen molar-refractivity contribution >= 4 is 17.9 Å². The van der Waals surface area contributed by atoms with Gasteiger partial charge in [-0.1, -0.05) is 0 Å². The molecule has 36 heavy (non-hydrogen) atoms. The minimum absolute atomic E-state index is 0.00505. The Morgan fingerprint density at radius 3 is 1.56 bits per heavy atom. The largest absolute Gasteiger partial charge is 0.507 e. The Hall–Kier alpha value is -4.93. The molecule has 0 spiro atoms. The molecule has 0 unspecified atom stereocenters. The van der Waals surface area contributed by atoms with E-state index in [-0.39, 0.29) is 56.4 Å². The molecule has 3 aromatic rings. The van der Waals surface area contributed by atoms with Crippen molar-refractivity contribution in [2.45, 2.75) is 20.8 Å². The third kappa shape index (κ3) is 4.80. The lowest BCUT2D eigenvalue weighted by atomic mass is 10.1. The third-order valence-electron chi connectivity index (χ3n) is 5.33. The second kappa shape index (κ2) is 9.74. The molecule has 5 N–H and O–H groups in total. The molecule has 188 valence electrons. The van der Waals surface area contributed by atoms with E-state index < -0.39 is 35.2 Å². The molecular weight excluding hydrogens is 476 g/mol. The Kier molecular flexibility index (Phi) is 6.95. The summed E-state index contributed by atoms with van der Waals surface area (Å²) in [6, 6.07) is 5.48. The summed E-state index contributed by atoms with van der Waals surface area (Å²) < 4.78 is 15.3. The van der Waals surface area contributed by atoms with E-state index in [1.165, 1.54) is 40.0 Å². The summed E-state index contributed by atoms with van der Waals surface area (Å²) in [6.07, 6.45) is 0. The van der Waals surface area contributed by atoms with Crippen molar-refractivity contribution in [2.75, 3.05) is 7.11 Å². The normalized spacial score (nSPS) is 10.6. The second-order valence-electron chi connectivity index (χ2n) is 7.80. The molecule has 0 saturated heterocycles. The number of rotatable bonds is 6. The van der Waals surface area contributed by atoms with Crippen LogP contribution in [0.1, 0.15) is 47.8 Å². The molecule has 0 aliphatic rings. The van der Waals surface area contributed by atoms with Crippen molar-refractivity contribution in [1.82, 2.24) is 0 Å². The van der Waals surface area contributed by atoms with Gasteiger partial charge >= 0.3 is 17.9 Å². The molecule has 3 aromatic carbocycles. The fourth-order valence-corrected chi connectivity index (χ4v) is 3.62. The standard InChI is InChI=1S/C25H22O11/c1-10-5-13(7-15(26)19(10)23(30)31)35-24(32)20-11(2)6-14(8-16(20)27)36-25(33)21-12(3)22(29)18(34-4)9-17(21)28/h5-9,26-29H,1-4H3,(H,30,31). The molecule has 0 aliphatic heterocycles. The Balaban J connectivity index is 1.87. The minimum Gasteiger partial charge on any atom is -0.507 e. The maximum absolute atomic E-state index is 12.7. The molecule has 0 fully saturated rings. The van der Waals surface area contributed by atoms with Crippen molar-refractivity contribution in [2.24, 2.45) is 0 Å². The second-order valence-corrected chi connectivity index (χ2v) is 7.80. The van der Waals surface area contributed by atoms with Crippen LogP contribution in [0.3, 0.4) is 0 Å². The van der Waals surface area contributed by atoms with Gasteiger partial charge in [0.15, 0.2) is 11.5 Å². The van der Waals surface area contributed by atoms with E-state index in [4.69, 9.17) is 19.3 Å². The predicted octanol–water partition coefficient (Wildman–Crippen LogP) is 3.58. The predicted molar refractivity (Wildman–Crippen MR) is 124 cm³/mol. The molecule has 0 amide bonds. The highest BCUT2D eigenvalue weighted by Crippen LogP contribution is 2.38. The number of ether oxygens (including phenoxy) is 3. The number of aromatic hydroxyl groups is 4. The summed E-state index contributed by atoms with van der Waals surface area (Å²) in [5.74, 6) is -5.83. The number of carboxylic acid groups (broad SMARTS) is 1. The van der Waals surface area contributed by atoms with Crippen LogP contribution in [-0.4, -0.2) is 50.6 Å². The number of esters is 2. The third-order valence-corrected chi connectivity index (χ3v) is 5.33. The molecule has 0 aromatic heterocycles. The number of aryl methyl sites for hydroxylation is 2. The van der Waals surface area contributed by atoms with Crippen LogP contribution < -0.4 is 14.2 Å². The highest BCUT2D eigenvalue weighted by atomic mass is 16.5. The number of phenolic OH excluding ortho intramolecular Hbond substituents is 3. The average Bonchev–Trinajstić information content (AvgIpc) is 2.74. The number of carboxylic acids is 1. The maximum atomic E-state index is 12.7. The van der Waals surface area contributed by atoms with Crippen LogP contribution in [0.5, 0.6) is 40.2 Å². The molecule has 0 radical (unpaired) electrons. The fraction of sp³-hybridized carbons (Fsp3) is 0.160. The summed E-state index contributed by atoms with van der Waals surface area (Å²) >= 11 is 0. The Bertz CT molecular complexity index is 1360. The van der Waals surface area contributed by atoms with Crippen molar-refractivity contribution in [3.05, 3.63) is 63.7 Å². The summed E-state index contributed by atoms with van der Waals surface area (Å²) in [6.45, 7) is 4.22. The number of phenols is 4. The Morgan fingerprint density at radius 2 is 1.11 bits per heavy atom. The first-order valence-electron chi connectivity index (χ1n) is 10.3. The van der Waals surface area contributed by atoms with Crippen molar-refractivity contribution < 1.29 is 54.1 Å². The lowest BCUT2D eigenvalue weighted by Gasteiger charge is -2.14. The highest BCUT2D eigenvalue weighted by molar-refractivity contribution is 5.98. The van der Waals surface area contributed by atoms with Crippen molar-refractivity contribution in [3.8, 4) is 40.2 Å². The number of carbonyl (C=O) groups excluding carboxylic acids is 2. The van der Waals surface area contributed by atoms with Crippen molar-refractivity contribution in [1.29, 1.82) is 0 Å². The zero-order valence-electron chi connectivity index (χ0n) is 19.6. The first-order chi connectivity index (χ1) is 16.8. The summed E-state index contributed by atoms with van der Waals surface area (Å²) in [5.41, 5.74) is -0.623. The van der Waals surface area contributed by atoms with Gasteiger partial charge in [-0.3, -0.25) is 0 Å². The Labute approximate surface area is 204 Å². The Morgan fingerprint density at radius 1 is 0.667 bits per heavy atom. The average molecular weight is 498 g/mol. The molecule has 0 bridgehead atoms. The first-order valence-corrected chi connectivity index (χ1v) is 10.3. The number of aromatic carboxylic acids is 1. The van der Waals surface area contributed by atoms with Gasteiger partial charge in [0, 0.05) is 23.8 Å². The molecule has 11 nitrogen and oxygen atoms in total. The quantitative estimate of drug-likeness (QED) is 0.190. The minimum atomic E-state index is -1.35. The van der Waals surface area contributed by atoms with Gasteiger partial charge in [-0.15, -0.1) is 0 Å². The van der Waals surface area contributed by atoms with Crippen LogP contribution in [0, 0.1) is 20.8 Å². The van der Waals surface area contributed by atoms with Crippen LogP contribution in [0.15, 0.2) is 30.3 Å². The highest BCUT2D eigenvalue weighted by Gasteiger charge is 2.25. The summed E-state index contributed by atoms with van der Waals surface area (Å²) in [5, 5.41) is 49.8. The lowest BCUT2D eigenvalue weighted by Crippen LogP contribution is -2.13. The van der Waals surface area contributed by atoms with Gasteiger partial charge in [-0.2, -0.15) is 0 Å². The fourth-order valence-electron chi connectivity index (χ4n) is 3.62. The van der Waals surface area contributed by atoms with Gasteiger partial charge in [0.25, 0.3) is 0 Å². The van der Waals surface area contributed by atoms with Gasteiger partial charge in [-0.25, -0.2) is 14.4 Å². The SMILES string of the molecule is COc1cc(O)c(C(=O)Oc2cc(C)c(C(=O)Oc3cc(C)c(C(=O)O)c(O)c3)c(O)c2)c(C)c1O. The van der Waals surface area contributed by atoms with E-state index >= 15 is 0 Å². The van der Waals surface area contributed by atoms with E-state index in [1.807, 2.05) is 0 Å². The van der Waals surface area contributed by atoms with Crippen LogP contribution in [0.4, 0.5) is 0 Å². The summed E-state index contributed by atoms with van der Waals surface area (Å²) in [4.78, 5) is 36.5. The smallest absolute Gasteiger partial charge is 0.347 e. The first kappa shape index (κ1) is 25.7. The number of carbonyl (C=O) groups is 3. The van der Waals surface area contributed by atoms with Crippen LogP contribution >= 0.6 is 0 Å². The van der Waals surface area contributed by atoms with E-state index in [2.05, 4.69) is 0 Å². The zero-order chi connectivity index (χ0) is 26.9. The molecule has 0 aliphatic carbocycles. The zero-order valence-corrected chi connectivity index (χ0v) is 19.6. The molecule has 0 saturated carbocycles. The molecule has 0 atom stereocenters. The maximum Gasteiger partial charge on any atom is 0.347 e. The molecule has 3 rings (SSSR count). The van der Waals surface area contributed by atoms with Gasteiger partial charge in [0.1, 0.15) is 45.4 Å². The lowest BCUT2D eigenvalue weighted by molar-refractivity contribution is 0.0689. The van der Waals surface area contributed by atoms with Gasteiger partial charge in [0.05, 0.1) is 7.11 Å². The van der Waals surface area contributed by atoms with E-state index in [0.717, 1.165) is 18.2 Å². The number of hydrogen-bond donors (Lipinski definition) is 5. The number of hydrogen-bond acceptors (Lipinski definition) is 10. The van der Waals surface area contributed by atoms with Crippen molar-refractivity contribution in [3.63, 3.8) is 0 Å². The van der Waals surface area contributed by atoms with Crippen LogP contribution in [0.25, 0.3) is 0 Å². The topological polar surface area (TPSA) is 180 Å². The molecule has 11 heteroatoms. The molecular formula is C25H22O11. The number of benzene rings is 3. The van der Waals surface area contributed by atoms with Crippen LogP contribution in [-0.2, 0) is 0 Å². The number of methoxy groups -OCH3 is 1. The molecule has 0 heterocycles. The van der Waals surface area contributed by atoms with Gasteiger partial charge < -0.3 is 39.7 Å².